The molecule has 2 atom stereocenters. The number of hydrogen-bond acceptors (Lipinski definition) is 4. The summed E-state index contributed by atoms with van der Waals surface area (Å²) in [6.07, 6.45) is 0.560. The van der Waals surface area contributed by atoms with Crippen molar-refractivity contribution in [1.29, 1.82) is 0 Å². The van der Waals surface area contributed by atoms with E-state index in [1.165, 1.54) is 0 Å². The molecule has 1 heterocycles. The zero-order chi connectivity index (χ0) is 12.5. The fourth-order valence-corrected chi connectivity index (χ4v) is 1.67. The molecule has 4 heteroatoms. The maximum atomic E-state index is 9.68. The first kappa shape index (κ1) is 13.1. The summed E-state index contributed by atoms with van der Waals surface area (Å²) in [4.78, 5) is 4.10. The highest BCUT2D eigenvalue weighted by Crippen LogP contribution is 2.23. The second-order valence-corrected chi connectivity index (χ2v) is 4.46. The summed E-state index contributed by atoms with van der Waals surface area (Å²) in [5, 5.41) is 19.0. The molecule has 2 unspecified atom stereocenters. The van der Waals surface area contributed by atoms with Gasteiger partial charge in [-0.15, -0.1) is 0 Å². The summed E-state index contributed by atoms with van der Waals surface area (Å²) in [5.74, 6) is 0. The first-order chi connectivity index (χ1) is 7.34. The van der Waals surface area contributed by atoms with Crippen LogP contribution in [0.4, 0.5) is 0 Å². The topological polar surface area (TPSA) is 46.9 Å². The molecule has 0 aromatic carbocycles. The van der Waals surface area contributed by atoms with E-state index < -0.39 is 12.2 Å². The van der Waals surface area contributed by atoms with Crippen LogP contribution < -0.4 is 0 Å². The van der Waals surface area contributed by atoms with Crippen molar-refractivity contribution >= 4 is 0 Å². The van der Waals surface area contributed by atoms with E-state index in [1.807, 2.05) is 38.9 Å². The maximum absolute atomic E-state index is 9.68. The zero-order valence-electron chi connectivity index (χ0n) is 10.7. The number of hydrogen-bond donors (Lipinski definition) is 2. The van der Waals surface area contributed by atoms with Crippen LogP contribution in [0.1, 0.15) is 27.7 Å². The molecule has 0 aliphatic carbocycles. The van der Waals surface area contributed by atoms with E-state index in [4.69, 9.17) is 0 Å². The Morgan fingerprint density at radius 1 is 1.19 bits per heavy atom. The van der Waals surface area contributed by atoms with Gasteiger partial charge in [0, 0.05) is 30.3 Å². The van der Waals surface area contributed by atoms with E-state index in [1.54, 1.807) is 6.92 Å². The standard InChI is InChI=1S/C12H22N2O2/c1-8-6-14(7-12(16)11(4)15)10(3)9(2)13(8)5/h6,11-12,15-16H,7H2,1-5H3. The Morgan fingerprint density at radius 2 is 1.75 bits per heavy atom. The lowest BCUT2D eigenvalue weighted by atomic mass is 10.1. The van der Waals surface area contributed by atoms with Crippen molar-refractivity contribution in [2.24, 2.45) is 0 Å². The molecule has 2 N–H and O–H groups in total. The molecule has 0 aromatic heterocycles. The van der Waals surface area contributed by atoms with E-state index in [0.29, 0.717) is 6.54 Å². The monoisotopic (exact) mass is 226 g/mol. The first-order valence-corrected chi connectivity index (χ1v) is 5.57. The number of allylic oxidation sites excluding steroid dienone is 3. The molecule has 1 aliphatic rings. The van der Waals surface area contributed by atoms with Crippen molar-refractivity contribution in [3.63, 3.8) is 0 Å². The molecule has 0 radical (unpaired) electrons. The summed E-state index contributed by atoms with van der Waals surface area (Å²) >= 11 is 0. The van der Waals surface area contributed by atoms with Gasteiger partial charge in [-0.05, 0) is 27.7 Å². The number of nitrogens with zero attached hydrogens (tertiary/aromatic N) is 2. The van der Waals surface area contributed by atoms with Crippen LogP contribution in [-0.4, -0.2) is 45.8 Å². The van der Waals surface area contributed by atoms with Gasteiger partial charge in [-0.2, -0.15) is 0 Å². The minimum atomic E-state index is -0.727. The number of aliphatic hydroxyl groups excluding tert-OH is 2. The van der Waals surface area contributed by atoms with Crippen molar-refractivity contribution < 1.29 is 10.2 Å². The Balaban J connectivity index is 2.82. The highest BCUT2D eigenvalue weighted by atomic mass is 16.3. The lowest BCUT2D eigenvalue weighted by Crippen LogP contribution is -2.38. The number of rotatable bonds is 3. The lowest BCUT2D eigenvalue weighted by Gasteiger charge is -2.36. The van der Waals surface area contributed by atoms with E-state index >= 15 is 0 Å². The maximum Gasteiger partial charge on any atom is 0.0974 e. The molecule has 0 aromatic rings. The summed E-state index contributed by atoms with van der Waals surface area (Å²) in [6.45, 7) is 8.12. The third-order valence-corrected chi connectivity index (χ3v) is 3.27. The van der Waals surface area contributed by atoms with Gasteiger partial charge in [-0.25, -0.2) is 0 Å². The molecule has 4 nitrogen and oxygen atoms in total. The molecule has 1 rings (SSSR count). The van der Waals surface area contributed by atoms with Crippen molar-refractivity contribution in [1.82, 2.24) is 9.80 Å². The van der Waals surface area contributed by atoms with Crippen molar-refractivity contribution in [2.75, 3.05) is 13.6 Å². The molecule has 0 saturated heterocycles. The molecule has 0 amide bonds. The molecule has 1 aliphatic heterocycles. The van der Waals surface area contributed by atoms with Crippen LogP contribution in [0, 0.1) is 0 Å². The predicted octanol–water partition coefficient (Wildman–Crippen LogP) is 1.09. The zero-order valence-corrected chi connectivity index (χ0v) is 10.7. The van der Waals surface area contributed by atoms with Crippen LogP contribution in [0.2, 0.25) is 0 Å². The van der Waals surface area contributed by atoms with Crippen LogP contribution in [0.15, 0.2) is 23.3 Å². The van der Waals surface area contributed by atoms with Gasteiger partial charge in [0.05, 0.1) is 18.8 Å². The molecular formula is C12H22N2O2. The Hall–Kier alpha value is -1.00. The van der Waals surface area contributed by atoms with Crippen LogP contribution in [0.3, 0.4) is 0 Å². The Bertz CT molecular complexity index is 321. The van der Waals surface area contributed by atoms with Gasteiger partial charge in [-0.1, -0.05) is 0 Å². The van der Waals surface area contributed by atoms with Gasteiger partial charge in [0.25, 0.3) is 0 Å². The average Bonchev–Trinajstić information content (AvgIpc) is 2.22. The number of aliphatic hydroxyl groups is 2. The Kier molecular flexibility index (Phi) is 3.99. The molecular weight excluding hydrogens is 204 g/mol. The normalized spacial score (nSPS) is 21.1. The average molecular weight is 226 g/mol. The highest BCUT2D eigenvalue weighted by Gasteiger charge is 2.21. The van der Waals surface area contributed by atoms with Crippen molar-refractivity contribution in [3.8, 4) is 0 Å². The quantitative estimate of drug-likeness (QED) is 0.756. The second-order valence-electron chi connectivity index (χ2n) is 4.46. The minimum absolute atomic E-state index is 0.423. The molecule has 0 fully saturated rings. The van der Waals surface area contributed by atoms with Gasteiger partial charge in [0.2, 0.25) is 0 Å². The van der Waals surface area contributed by atoms with Crippen LogP contribution in [-0.2, 0) is 0 Å². The largest absolute Gasteiger partial charge is 0.391 e. The predicted molar refractivity (Wildman–Crippen MR) is 64.3 cm³/mol. The van der Waals surface area contributed by atoms with Crippen molar-refractivity contribution in [3.05, 3.63) is 23.3 Å². The smallest absolute Gasteiger partial charge is 0.0974 e. The van der Waals surface area contributed by atoms with Crippen LogP contribution in [0.25, 0.3) is 0 Å². The molecule has 16 heavy (non-hydrogen) atoms. The van der Waals surface area contributed by atoms with E-state index in [2.05, 4.69) is 4.90 Å². The minimum Gasteiger partial charge on any atom is -0.391 e. The first-order valence-electron chi connectivity index (χ1n) is 5.57. The molecule has 0 saturated carbocycles. The molecule has 0 bridgehead atoms. The summed E-state index contributed by atoms with van der Waals surface area (Å²) in [7, 11) is 2.02. The second kappa shape index (κ2) is 4.89. The summed E-state index contributed by atoms with van der Waals surface area (Å²) in [5.41, 5.74) is 3.39. The molecule has 92 valence electrons. The van der Waals surface area contributed by atoms with Gasteiger partial charge in [-0.3, -0.25) is 0 Å². The third kappa shape index (κ3) is 2.57. The van der Waals surface area contributed by atoms with Crippen LogP contribution in [0.5, 0.6) is 0 Å². The van der Waals surface area contributed by atoms with Gasteiger partial charge >= 0.3 is 0 Å². The van der Waals surface area contributed by atoms with E-state index in [0.717, 1.165) is 17.1 Å². The van der Waals surface area contributed by atoms with Crippen molar-refractivity contribution in [2.45, 2.75) is 39.9 Å². The van der Waals surface area contributed by atoms with Crippen LogP contribution >= 0.6 is 0 Å². The van der Waals surface area contributed by atoms with Gasteiger partial charge in [0.1, 0.15) is 0 Å². The fourth-order valence-electron chi connectivity index (χ4n) is 1.67. The highest BCUT2D eigenvalue weighted by molar-refractivity contribution is 5.21. The SMILES string of the molecule is CC1=CN(CC(O)C(C)O)C(C)=C(C)N1C. The Morgan fingerprint density at radius 3 is 2.25 bits per heavy atom. The number of β-amino-alcohol motifs (C(OH)–C–C–N with tert-alkyl or cyclic N) is 1. The fraction of sp³-hybridized carbons (Fsp3) is 0.667. The lowest BCUT2D eigenvalue weighted by molar-refractivity contribution is 0.0189. The van der Waals surface area contributed by atoms with E-state index in [-0.39, 0.29) is 0 Å². The van der Waals surface area contributed by atoms with Gasteiger partial charge < -0.3 is 20.0 Å². The summed E-state index contributed by atoms with van der Waals surface area (Å²) < 4.78 is 0. The molecule has 0 spiro atoms. The van der Waals surface area contributed by atoms with E-state index in [9.17, 15) is 10.2 Å². The van der Waals surface area contributed by atoms with Gasteiger partial charge in [0.15, 0.2) is 0 Å². The summed E-state index contributed by atoms with van der Waals surface area (Å²) in [6, 6.07) is 0. The third-order valence-electron chi connectivity index (χ3n) is 3.27. The Labute approximate surface area is 97.5 Å².